The summed E-state index contributed by atoms with van der Waals surface area (Å²) in [5.74, 6) is -1.55. The van der Waals surface area contributed by atoms with Crippen molar-refractivity contribution in [1.82, 2.24) is 9.78 Å². The van der Waals surface area contributed by atoms with Gasteiger partial charge in [0.1, 0.15) is 11.6 Å². The third kappa shape index (κ3) is 4.31. The van der Waals surface area contributed by atoms with Gasteiger partial charge in [-0.2, -0.15) is 5.10 Å². The molecule has 0 radical (unpaired) electrons. The van der Waals surface area contributed by atoms with Crippen LogP contribution >= 0.6 is 0 Å². The first-order valence-corrected chi connectivity index (χ1v) is 7.87. The third-order valence-electron chi connectivity index (χ3n) is 3.55. The highest BCUT2D eigenvalue weighted by molar-refractivity contribution is 5.93. The van der Waals surface area contributed by atoms with E-state index in [4.69, 9.17) is 4.74 Å². The number of unbranched alkanes of at least 4 members (excludes halogenated alkanes) is 1. The molecule has 2 aromatic rings. The number of anilines is 1. The van der Waals surface area contributed by atoms with Crippen molar-refractivity contribution in [2.75, 3.05) is 5.32 Å². The molecule has 1 atom stereocenters. The molecule has 1 aromatic carbocycles. The molecular weight excluding hydrogens is 316 g/mol. The van der Waals surface area contributed by atoms with Gasteiger partial charge in [0, 0.05) is 18.2 Å². The lowest BCUT2D eigenvalue weighted by Crippen LogP contribution is -2.31. The van der Waals surface area contributed by atoms with E-state index in [1.807, 2.05) is 6.92 Å². The van der Waals surface area contributed by atoms with E-state index in [1.54, 1.807) is 10.9 Å². The maximum Gasteiger partial charge on any atom is 0.266 e. The van der Waals surface area contributed by atoms with Crippen LogP contribution in [-0.4, -0.2) is 21.8 Å². The van der Waals surface area contributed by atoms with Crippen LogP contribution in [0.2, 0.25) is 0 Å². The smallest absolute Gasteiger partial charge is 0.266 e. The number of carbonyl (C=O) groups excluding carboxylic acids is 1. The maximum atomic E-state index is 13.6. The molecule has 0 bridgehead atoms. The van der Waals surface area contributed by atoms with Gasteiger partial charge >= 0.3 is 0 Å². The zero-order valence-electron chi connectivity index (χ0n) is 14.0. The van der Waals surface area contributed by atoms with E-state index < -0.39 is 23.6 Å². The zero-order valence-corrected chi connectivity index (χ0v) is 14.0. The van der Waals surface area contributed by atoms with Crippen LogP contribution in [0.25, 0.3) is 0 Å². The molecule has 1 unspecified atom stereocenters. The van der Waals surface area contributed by atoms with Gasteiger partial charge in [-0.25, -0.2) is 13.5 Å². The normalized spacial score (nSPS) is 12.0. The molecule has 1 amide bonds. The molecule has 1 heterocycles. The Hall–Kier alpha value is -2.44. The number of hydrogen-bond donors (Lipinski definition) is 1. The van der Waals surface area contributed by atoms with Crippen molar-refractivity contribution in [2.24, 2.45) is 0 Å². The lowest BCUT2D eigenvalue weighted by molar-refractivity contribution is -0.122. The molecule has 24 heavy (non-hydrogen) atoms. The van der Waals surface area contributed by atoms with Crippen molar-refractivity contribution in [2.45, 2.75) is 46.3 Å². The number of aryl methyl sites for hydroxylation is 2. The molecule has 0 spiro atoms. The molecule has 7 heteroatoms. The predicted octanol–water partition coefficient (Wildman–Crippen LogP) is 3.68. The van der Waals surface area contributed by atoms with Gasteiger partial charge in [0.25, 0.3) is 5.91 Å². The second-order valence-electron chi connectivity index (χ2n) is 5.58. The number of halogens is 2. The van der Waals surface area contributed by atoms with Crippen molar-refractivity contribution in [3.63, 3.8) is 0 Å². The lowest BCUT2D eigenvalue weighted by Gasteiger charge is -2.16. The number of rotatable bonds is 7. The first-order valence-electron chi connectivity index (χ1n) is 7.87. The quantitative estimate of drug-likeness (QED) is 0.838. The highest BCUT2D eigenvalue weighted by Gasteiger charge is 2.19. The van der Waals surface area contributed by atoms with Crippen LogP contribution in [-0.2, 0) is 11.3 Å². The summed E-state index contributed by atoms with van der Waals surface area (Å²) in [4.78, 5) is 12.3. The average molecular weight is 337 g/mol. The SMILES string of the molecule is CCCCn1ncc(C)c1NC(=O)C(C)Oc1ccc(F)cc1F. The van der Waals surface area contributed by atoms with E-state index in [1.165, 1.54) is 6.92 Å². The van der Waals surface area contributed by atoms with Gasteiger partial charge in [0.2, 0.25) is 0 Å². The van der Waals surface area contributed by atoms with Crippen LogP contribution in [0.15, 0.2) is 24.4 Å². The van der Waals surface area contributed by atoms with Gasteiger partial charge in [-0.15, -0.1) is 0 Å². The molecule has 130 valence electrons. The predicted molar refractivity (Wildman–Crippen MR) is 86.9 cm³/mol. The number of nitrogens with zero attached hydrogens (tertiary/aromatic N) is 2. The van der Waals surface area contributed by atoms with Crippen molar-refractivity contribution in [1.29, 1.82) is 0 Å². The average Bonchev–Trinajstić information content (AvgIpc) is 2.88. The Bertz CT molecular complexity index is 716. The fraction of sp³-hybridized carbons (Fsp3) is 0.412. The third-order valence-corrected chi connectivity index (χ3v) is 3.55. The molecular formula is C17H21F2N3O2. The Kier molecular flexibility index (Phi) is 5.89. The van der Waals surface area contributed by atoms with Crippen LogP contribution < -0.4 is 10.1 Å². The molecule has 0 saturated heterocycles. The van der Waals surface area contributed by atoms with E-state index in [-0.39, 0.29) is 5.75 Å². The number of aromatic nitrogens is 2. The van der Waals surface area contributed by atoms with Crippen molar-refractivity contribution < 1.29 is 18.3 Å². The van der Waals surface area contributed by atoms with Crippen molar-refractivity contribution in [3.05, 3.63) is 41.6 Å². The summed E-state index contributed by atoms with van der Waals surface area (Å²) in [6.07, 6.45) is 2.68. The van der Waals surface area contributed by atoms with Crippen molar-refractivity contribution >= 4 is 11.7 Å². The summed E-state index contributed by atoms with van der Waals surface area (Å²) >= 11 is 0. The topological polar surface area (TPSA) is 56.2 Å². The van der Waals surface area contributed by atoms with Gasteiger partial charge in [-0.05, 0) is 32.4 Å². The first kappa shape index (κ1) is 17.9. The van der Waals surface area contributed by atoms with Crippen LogP contribution in [0.3, 0.4) is 0 Å². The summed E-state index contributed by atoms with van der Waals surface area (Å²) < 4.78 is 33.5. The van der Waals surface area contributed by atoms with Crippen LogP contribution in [0.4, 0.5) is 14.6 Å². The second-order valence-corrected chi connectivity index (χ2v) is 5.58. The molecule has 1 aromatic heterocycles. The monoisotopic (exact) mass is 337 g/mol. The lowest BCUT2D eigenvalue weighted by atomic mass is 10.3. The summed E-state index contributed by atoms with van der Waals surface area (Å²) in [6.45, 7) is 6.11. The fourth-order valence-electron chi connectivity index (χ4n) is 2.15. The Morgan fingerprint density at radius 3 is 2.83 bits per heavy atom. The Balaban J connectivity index is 2.05. The minimum Gasteiger partial charge on any atom is -0.478 e. The Morgan fingerprint density at radius 1 is 1.42 bits per heavy atom. The number of carbonyl (C=O) groups is 1. The highest BCUT2D eigenvalue weighted by atomic mass is 19.1. The number of amides is 1. The van der Waals surface area contributed by atoms with Crippen LogP contribution in [0.5, 0.6) is 5.75 Å². The maximum absolute atomic E-state index is 13.6. The Morgan fingerprint density at radius 2 is 2.17 bits per heavy atom. The van der Waals surface area contributed by atoms with Crippen LogP contribution in [0, 0.1) is 18.6 Å². The molecule has 0 aliphatic heterocycles. The number of ether oxygens (including phenoxy) is 1. The second kappa shape index (κ2) is 7.90. The van der Waals surface area contributed by atoms with Gasteiger partial charge < -0.3 is 10.1 Å². The molecule has 0 fully saturated rings. The van der Waals surface area contributed by atoms with Crippen LogP contribution in [0.1, 0.15) is 32.3 Å². The summed E-state index contributed by atoms with van der Waals surface area (Å²) in [5.41, 5.74) is 0.833. The van der Waals surface area contributed by atoms with Gasteiger partial charge in [-0.3, -0.25) is 4.79 Å². The van der Waals surface area contributed by atoms with E-state index in [0.717, 1.165) is 30.5 Å². The zero-order chi connectivity index (χ0) is 17.7. The van der Waals surface area contributed by atoms with E-state index in [9.17, 15) is 13.6 Å². The minimum atomic E-state index is -0.945. The van der Waals surface area contributed by atoms with E-state index in [2.05, 4.69) is 17.3 Å². The summed E-state index contributed by atoms with van der Waals surface area (Å²) in [7, 11) is 0. The van der Waals surface area contributed by atoms with Gasteiger partial charge in [0.05, 0.1) is 6.20 Å². The number of benzene rings is 1. The molecule has 1 N–H and O–H groups in total. The molecule has 0 saturated carbocycles. The van der Waals surface area contributed by atoms with Gasteiger partial charge in [0.15, 0.2) is 17.7 Å². The van der Waals surface area contributed by atoms with Gasteiger partial charge in [-0.1, -0.05) is 13.3 Å². The minimum absolute atomic E-state index is 0.171. The largest absolute Gasteiger partial charge is 0.478 e. The Labute approximate surface area is 139 Å². The number of hydrogen-bond acceptors (Lipinski definition) is 3. The van der Waals surface area contributed by atoms with Crippen molar-refractivity contribution in [3.8, 4) is 5.75 Å². The number of nitrogens with one attached hydrogen (secondary N) is 1. The van der Waals surface area contributed by atoms with E-state index >= 15 is 0 Å². The highest BCUT2D eigenvalue weighted by Crippen LogP contribution is 2.20. The summed E-state index contributed by atoms with van der Waals surface area (Å²) in [5, 5.41) is 6.99. The molecule has 2 rings (SSSR count). The molecule has 5 nitrogen and oxygen atoms in total. The van der Waals surface area contributed by atoms with E-state index in [0.29, 0.717) is 18.4 Å². The summed E-state index contributed by atoms with van der Waals surface area (Å²) in [6, 6.07) is 2.95. The first-order chi connectivity index (χ1) is 11.4. The standard InChI is InChI=1S/C17H21F2N3O2/c1-4-5-8-22-16(11(2)10-20-22)21-17(23)12(3)24-15-7-6-13(18)9-14(15)19/h6-7,9-10,12H,4-5,8H2,1-3H3,(H,21,23). The molecule has 0 aliphatic carbocycles. The molecule has 0 aliphatic rings. The fourth-order valence-corrected chi connectivity index (χ4v) is 2.15.